The molecule has 0 atom stereocenters. The molecule has 2 aromatic rings. The number of carbonyl (C=O) groups excluding carboxylic acids is 2. The minimum absolute atomic E-state index is 0.0166. The van der Waals surface area contributed by atoms with Gasteiger partial charge in [0, 0.05) is 22.2 Å². The van der Waals surface area contributed by atoms with E-state index in [2.05, 4.69) is 15.9 Å². The van der Waals surface area contributed by atoms with Gasteiger partial charge in [0.1, 0.15) is 5.75 Å². The van der Waals surface area contributed by atoms with Gasteiger partial charge in [-0.25, -0.2) is 0 Å². The normalized spacial score (nSPS) is 13.2. The number of benzene rings is 2. The van der Waals surface area contributed by atoms with E-state index in [9.17, 15) is 19.7 Å². The van der Waals surface area contributed by atoms with Crippen LogP contribution in [0.3, 0.4) is 0 Å². The summed E-state index contributed by atoms with van der Waals surface area (Å²) in [6.07, 6.45) is 0. The molecule has 2 amide bonds. The van der Waals surface area contributed by atoms with Crippen molar-refractivity contribution in [2.75, 3.05) is 7.11 Å². The number of fused-ring (bicyclic) bond motifs is 1. The number of halogens is 1. The quantitative estimate of drug-likeness (QED) is 0.454. The average Bonchev–Trinajstić information content (AvgIpc) is 2.79. The molecule has 0 N–H and O–H groups in total. The lowest BCUT2D eigenvalue weighted by Crippen LogP contribution is -2.29. The molecule has 1 aliphatic rings. The SMILES string of the molecule is COc1ccc(Br)cc1CN1C(=O)c2ccc([N+](=O)[O-])cc2C1=O. The van der Waals surface area contributed by atoms with Crippen molar-refractivity contribution < 1.29 is 19.2 Å². The van der Waals surface area contributed by atoms with E-state index in [-0.39, 0.29) is 23.4 Å². The third-order valence-corrected chi connectivity index (χ3v) is 4.23. The Labute approximate surface area is 145 Å². The molecule has 7 nitrogen and oxygen atoms in total. The average molecular weight is 391 g/mol. The molecule has 0 aliphatic carbocycles. The van der Waals surface area contributed by atoms with E-state index in [0.717, 1.165) is 15.4 Å². The molecule has 122 valence electrons. The third-order valence-electron chi connectivity index (χ3n) is 3.74. The molecule has 0 saturated carbocycles. The van der Waals surface area contributed by atoms with Gasteiger partial charge in [-0.15, -0.1) is 0 Å². The second kappa shape index (κ2) is 6.04. The summed E-state index contributed by atoms with van der Waals surface area (Å²) in [5.41, 5.74) is 0.635. The zero-order valence-corrected chi connectivity index (χ0v) is 14.1. The van der Waals surface area contributed by atoms with Gasteiger partial charge in [-0.1, -0.05) is 15.9 Å². The molecule has 3 rings (SSSR count). The highest BCUT2D eigenvalue weighted by Crippen LogP contribution is 2.30. The van der Waals surface area contributed by atoms with Gasteiger partial charge < -0.3 is 4.74 Å². The number of ether oxygens (including phenoxy) is 1. The number of nitro groups is 1. The Morgan fingerprint density at radius 3 is 2.50 bits per heavy atom. The smallest absolute Gasteiger partial charge is 0.270 e. The van der Waals surface area contributed by atoms with E-state index >= 15 is 0 Å². The highest BCUT2D eigenvalue weighted by atomic mass is 79.9. The van der Waals surface area contributed by atoms with Gasteiger partial charge in [-0.2, -0.15) is 0 Å². The van der Waals surface area contributed by atoms with E-state index in [1.54, 1.807) is 18.2 Å². The van der Waals surface area contributed by atoms with Crippen molar-refractivity contribution in [2.24, 2.45) is 0 Å². The number of rotatable bonds is 4. The van der Waals surface area contributed by atoms with Gasteiger partial charge in [0.25, 0.3) is 17.5 Å². The minimum Gasteiger partial charge on any atom is -0.496 e. The zero-order chi connectivity index (χ0) is 17.4. The van der Waals surface area contributed by atoms with E-state index in [1.807, 2.05) is 0 Å². The van der Waals surface area contributed by atoms with Gasteiger partial charge in [0.2, 0.25) is 0 Å². The minimum atomic E-state index is -0.599. The van der Waals surface area contributed by atoms with Crippen molar-refractivity contribution in [1.29, 1.82) is 0 Å². The van der Waals surface area contributed by atoms with Crippen LogP contribution in [0.5, 0.6) is 5.75 Å². The Hall–Kier alpha value is -2.74. The lowest BCUT2D eigenvalue weighted by molar-refractivity contribution is -0.384. The molecule has 1 heterocycles. The molecule has 0 aromatic heterocycles. The maximum Gasteiger partial charge on any atom is 0.270 e. The Kier molecular flexibility index (Phi) is 4.06. The molecule has 1 aliphatic heterocycles. The summed E-state index contributed by atoms with van der Waals surface area (Å²) < 4.78 is 6.03. The molecular weight excluding hydrogens is 380 g/mol. The largest absolute Gasteiger partial charge is 0.496 e. The lowest BCUT2D eigenvalue weighted by Gasteiger charge is -2.16. The number of nitrogens with zero attached hydrogens (tertiary/aromatic N) is 2. The van der Waals surface area contributed by atoms with Crippen LogP contribution in [0, 0.1) is 10.1 Å². The number of hydrogen-bond acceptors (Lipinski definition) is 5. The number of carbonyl (C=O) groups is 2. The first-order chi connectivity index (χ1) is 11.4. The predicted octanol–water partition coefficient (Wildman–Crippen LogP) is 3.16. The van der Waals surface area contributed by atoms with Crippen molar-refractivity contribution in [1.82, 2.24) is 4.90 Å². The second-order valence-electron chi connectivity index (χ2n) is 5.14. The molecular formula is C16H11BrN2O5. The van der Waals surface area contributed by atoms with Crippen LogP contribution >= 0.6 is 15.9 Å². The second-order valence-corrected chi connectivity index (χ2v) is 6.06. The number of imide groups is 1. The first kappa shape index (κ1) is 16.1. The Morgan fingerprint density at radius 2 is 1.83 bits per heavy atom. The Bertz CT molecular complexity index is 881. The highest BCUT2D eigenvalue weighted by Gasteiger charge is 2.37. The van der Waals surface area contributed by atoms with Crippen LogP contribution in [0.4, 0.5) is 5.69 Å². The van der Waals surface area contributed by atoms with Gasteiger partial charge in [0.15, 0.2) is 0 Å². The first-order valence-corrected chi connectivity index (χ1v) is 7.68. The molecule has 0 fully saturated rings. The summed E-state index contributed by atoms with van der Waals surface area (Å²) in [5.74, 6) is -0.492. The summed E-state index contributed by atoms with van der Waals surface area (Å²) in [6, 6.07) is 8.92. The Balaban J connectivity index is 1.97. The maximum atomic E-state index is 12.5. The Morgan fingerprint density at radius 1 is 1.12 bits per heavy atom. The van der Waals surface area contributed by atoms with Gasteiger partial charge >= 0.3 is 0 Å². The maximum absolute atomic E-state index is 12.5. The van der Waals surface area contributed by atoms with Crippen LogP contribution in [-0.2, 0) is 6.54 Å². The number of methoxy groups -OCH3 is 1. The van der Waals surface area contributed by atoms with Crippen LogP contribution < -0.4 is 4.74 Å². The zero-order valence-electron chi connectivity index (χ0n) is 12.5. The van der Waals surface area contributed by atoms with Crippen molar-refractivity contribution in [3.05, 3.63) is 67.7 Å². The summed E-state index contributed by atoms with van der Waals surface area (Å²) >= 11 is 3.34. The van der Waals surface area contributed by atoms with E-state index in [1.165, 1.54) is 19.2 Å². The van der Waals surface area contributed by atoms with E-state index in [4.69, 9.17) is 4.74 Å². The van der Waals surface area contributed by atoms with E-state index < -0.39 is 16.7 Å². The van der Waals surface area contributed by atoms with Crippen LogP contribution in [-0.4, -0.2) is 28.7 Å². The topological polar surface area (TPSA) is 89.8 Å². The fourth-order valence-electron chi connectivity index (χ4n) is 2.58. The number of nitro benzene ring substituents is 1. The van der Waals surface area contributed by atoms with Crippen molar-refractivity contribution in [3.63, 3.8) is 0 Å². The van der Waals surface area contributed by atoms with E-state index in [0.29, 0.717) is 11.3 Å². The number of non-ortho nitro benzene ring substituents is 1. The molecule has 0 radical (unpaired) electrons. The number of amides is 2. The summed E-state index contributed by atoms with van der Waals surface area (Å²) in [4.78, 5) is 36.3. The third kappa shape index (κ3) is 2.65. The summed E-state index contributed by atoms with van der Waals surface area (Å²) in [6.45, 7) is 0.0166. The van der Waals surface area contributed by atoms with Gasteiger partial charge in [-0.05, 0) is 24.3 Å². The summed E-state index contributed by atoms with van der Waals surface area (Å²) in [5, 5.41) is 10.9. The fourth-order valence-corrected chi connectivity index (χ4v) is 2.99. The first-order valence-electron chi connectivity index (χ1n) is 6.89. The predicted molar refractivity (Wildman–Crippen MR) is 88.0 cm³/mol. The molecule has 0 spiro atoms. The lowest BCUT2D eigenvalue weighted by atomic mass is 10.1. The number of hydrogen-bond donors (Lipinski definition) is 0. The van der Waals surface area contributed by atoms with Gasteiger partial charge in [-0.3, -0.25) is 24.6 Å². The molecule has 8 heteroatoms. The monoisotopic (exact) mass is 390 g/mol. The molecule has 0 saturated heterocycles. The molecule has 0 bridgehead atoms. The molecule has 24 heavy (non-hydrogen) atoms. The molecule has 0 unspecified atom stereocenters. The van der Waals surface area contributed by atoms with Crippen molar-refractivity contribution >= 4 is 33.4 Å². The van der Waals surface area contributed by atoms with Crippen LogP contribution in [0.1, 0.15) is 26.3 Å². The van der Waals surface area contributed by atoms with Crippen LogP contribution in [0.15, 0.2) is 40.9 Å². The highest BCUT2D eigenvalue weighted by molar-refractivity contribution is 9.10. The standard InChI is InChI=1S/C16H11BrN2O5/c1-24-14-5-2-10(17)6-9(14)8-18-15(20)12-4-3-11(19(22)23)7-13(12)16(18)21/h2-7H,8H2,1H3. The van der Waals surface area contributed by atoms with Crippen molar-refractivity contribution in [2.45, 2.75) is 6.54 Å². The van der Waals surface area contributed by atoms with Crippen molar-refractivity contribution in [3.8, 4) is 5.75 Å². The fraction of sp³-hybridized carbons (Fsp3) is 0.125. The molecule has 2 aromatic carbocycles. The van der Waals surface area contributed by atoms with Gasteiger partial charge in [0.05, 0.1) is 29.7 Å². The summed E-state index contributed by atoms with van der Waals surface area (Å²) in [7, 11) is 1.50. The van der Waals surface area contributed by atoms with Crippen LogP contribution in [0.2, 0.25) is 0 Å². The van der Waals surface area contributed by atoms with Crippen LogP contribution in [0.25, 0.3) is 0 Å².